The summed E-state index contributed by atoms with van der Waals surface area (Å²) in [5.74, 6) is 1.22. The van der Waals surface area contributed by atoms with Crippen molar-refractivity contribution in [2.24, 2.45) is 5.73 Å². The van der Waals surface area contributed by atoms with Crippen LogP contribution in [0.2, 0.25) is 0 Å². The van der Waals surface area contributed by atoms with E-state index in [9.17, 15) is 5.11 Å². The molecule has 1 rings (SSSR count). The Morgan fingerprint density at radius 2 is 1.81 bits per heavy atom. The SMILES string of the molecule is COc1cc([C@H](O)[C@@H](C)N)c(OC)cc1Br. The highest BCUT2D eigenvalue weighted by atomic mass is 79.9. The number of nitrogens with two attached hydrogens (primary N) is 1. The van der Waals surface area contributed by atoms with Crippen LogP contribution in [0.4, 0.5) is 0 Å². The van der Waals surface area contributed by atoms with E-state index in [4.69, 9.17) is 15.2 Å². The van der Waals surface area contributed by atoms with E-state index in [2.05, 4.69) is 15.9 Å². The number of aliphatic hydroxyl groups is 1. The summed E-state index contributed by atoms with van der Waals surface area (Å²) in [6, 6.07) is 3.09. The van der Waals surface area contributed by atoms with E-state index in [1.165, 1.54) is 0 Å². The summed E-state index contributed by atoms with van der Waals surface area (Å²) in [4.78, 5) is 0. The Labute approximate surface area is 103 Å². The molecule has 16 heavy (non-hydrogen) atoms. The number of ether oxygens (including phenoxy) is 2. The van der Waals surface area contributed by atoms with Gasteiger partial charge >= 0.3 is 0 Å². The van der Waals surface area contributed by atoms with E-state index in [1.807, 2.05) is 0 Å². The van der Waals surface area contributed by atoms with Gasteiger partial charge in [0.2, 0.25) is 0 Å². The number of hydrogen-bond donors (Lipinski definition) is 2. The summed E-state index contributed by atoms with van der Waals surface area (Å²) < 4.78 is 11.1. The van der Waals surface area contributed by atoms with Gasteiger partial charge in [0, 0.05) is 11.6 Å². The van der Waals surface area contributed by atoms with E-state index in [1.54, 1.807) is 33.3 Å². The highest BCUT2D eigenvalue weighted by Gasteiger charge is 2.19. The topological polar surface area (TPSA) is 64.7 Å². The van der Waals surface area contributed by atoms with Crippen molar-refractivity contribution < 1.29 is 14.6 Å². The van der Waals surface area contributed by atoms with Crippen LogP contribution < -0.4 is 15.2 Å². The van der Waals surface area contributed by atoms with Gasteiger partial charge in [0.05, 0.1) is 24.8 Å². The highest BCUT2D eigenvalue weighted by molar-refractivity contribution is 9.10. The summed E-state index contributed by atoms with van der Waals surface area (Å²) in [5, 5.41) is 9.94. The van der Waals surface area contributed by atoms with Crippen LogP contribution in [0, 0.1) is 0 Å². The third kappa shape index (κ3) is 2.66. The molecule has 1 aromatic rings. The third-order valence-corrected chi connectivity index (χ3v) is 2.94. The van der Waals surface area contributed by atoms with Crippen LogP contribution >= 0.6 is 15.9 Å². The monoisotopic (exact) mass is 289 g/mol. The molecular formula is C11H16BrNO3. The van der Waals surface area contributed by atoms with Gasteiger partial charge in [-0.1, -0.05) is 0 Å². The molecule has 0 bridgehead atoms. The Morgan fingerprint density at radius 1 is 1.25 bits per heavy atom. The lowest BCUT2D eigenvalue weighted by Gasteiger charge is -2.19. The van der Waals surface area contributed by atoms with Crippen molar-refractivity contribution in [3.63, 3.8) is 0 Å². The van der Waals surface area contributed by atoms with Gasteiger partial charge in [0.25, 0.3) is 0 Å². The second-order valence-electron chi connectivity index (χ2n) is 3.53. The van der Waals surface area contributed by atoms with Crippen LogP contribution in [0.5, 0.6) is 11.5 Å². The van der Waals surface area contributed by atoms with Crippen LogP contribution in [0.1, 0.15) is 18.6 Å². The Bertz CT molecular complexity index is 368. The Balaban J connectivity index is 3.24. The van der Waals surface area contributed by atoms with Gasteiger partial charge < -0.3 is 20.3 Å². The number of rotatable bonds is 4. The fourth-order valence-corrected chi connectivity index (χ4v) is 1.88. The number of hydrogen-bond acceptors (Lipinski definition) is 4. The molecule has 0 aliphatic heterocycles. The normalized spacial score (nSPS) is 14.4. The standard InChI is InChI=1S/C11H16BrNO3/c1-6(13)11(14)7-4-10(16-3)8(12)5-9(7)15-2/h4-6,11,14H,13H2,1-3H3/t6-,11-/m1/s1. The third-order valence-electron chi connectivity index (χ3n) is 2.32. The molecule has 0 fully saturated rings. The minimum Gasteiger partial charge on any atom is -0.496 e. The summed E-state index contributed by atoms with van der Waals surface area (Å²) in [7, 11) is 3.11. The number of halogens is 1. The van der Waals surface area contributed by atoms with Crippen molar-refractivity contribution in [2.45, 2.75) is 19.1 Å². The summed E-state index contributed by atoms with van der Waals surface area (Å²) in [6.45, 7) is 1.73. The number of benzene rings is 1. The van der Waals surface area contributed by atoms with Gasteiger partial charge in [-0.05, 0) is 35.0 Å². The number of methoxy groups -OCH3 is 2. The first kappa shape index (κ1) is 13.3. The fraction of sp³-hybridized carbons (Fsp3) is 0.455. The van der Waals surface area contributed by atoms with E-state index >= 15 is 0 Å². The van der Waals surface area contributed by atoms with Gasteiger partial charge in [0.15, 0.2) is 0 Å². The molecule has 0 radical (unpaired) electrons. The molecule has 2 atom stereocenters. The van der Waals surface area contributed by atoms with E-state index in [0.717, 1.165) is 4.47 Å². The molecule has 90 valence electrons. The molecule has 5 heteroatoms. The quantitative estimate of drug-likeness (QED) is 0.888. The maximum Gasteiger partial charge on any atom is 0.133 e. The van der Waals surface area contributed by atoms with Crippen LogP contribution in [0.15, 0.2) is 16.6 Å². The Hall–Kier alpha value is -0.780. The lowest BCUT2D eigenvalue weighted by molar-refractivity contribution is 0.149. The zero-order valence-corrected chi connectivity index (χ0v) is 11.1. The van der Waals surface area contributed by atoms with Crippen molar-refractivity contribution in [1.29, 1.82) is 0 Å². The lowest BCUT2D eigenvalue weighted by atomic mass is 10.0. The minimum atomic E-state index is -0.781. The van der Waals surface area contributed by atoms with Gasteiger partial charge in [-0.15, -0.1) is 0 Å². The molecular weight excluding hydrogens is 274 g/mol. The molecule has 0 amide bonds. The molecule has 0 aliphatic carbocycles. The lowest BCUT2D eigenvalue weighted by Crippen LogP contribution is -2.24. The Kier molecular flexibility index (Phi) is 4.58. The Morgan fingerprint density at radius 3 is 2.25 bits per heavy atom. The van der Waals surface area contributed by atoms with Crippen LogP contribution in [0.3, 0.4) is 0 Å². The largest absolute Gasteiger partial charge is 0.496 e. The van der Waals surface area contributed by atoms with Crippen LogP contribution in [-0.4, -0.2) is 25.4 Å². The molecule has 1 aromatic carbocycles. The zero-order chi connectivity index (χ0) is 12.3. The molecule has 4 nitrogen and oxygen atoms in total. The van der Waals surface area contributed by atoms with E-state index in [-0.39, 0.29) is 6.04 Å². The second kappa shape index (κ2) is 5.52. The first-order chi connectivity index (χ1) is 7.51. The first-order valence-corrected chi connectivity index (χ1v) is 5.65. The summed E-state index contributed by atoms with van der Waals surface area (Å²) in [5.41, 5.74) is 6.29. The van der Waals surface area contributed by atoms with Gasteiger partial charge in [0.1, 0.15) is 11.5 Å². The molecule has 3 N–H and O–H groups in total. The molecule has 0 saturated heterocycles. The van der Waals surface area contributed by atoms with Crippen molar-refractivity contribution in [3.8, 4) is 11.5 Å². The molecule has 0 spiro atoms. The summed E-state index contributed by atoms with van der Waals surface area (Å²) in [6.07, 6.45) is -0.781. The average molecular weight is 290 g/mol. The van der Waals surface area contributed by atoms with Crippen molar-refractivity contribution in [3.05, 3.63) is 22.2 Å². The van der Waals surface area contributed by atoms with E-state index < -0.39 is 6.10 Å². The van der Waals surface area contributed by atoms with E-state index in [0.29, 0.717) is 17.1 Å². The van der Waals surface area contributed by atoms with Crippen LogP contribution in [-0.2, 0) is 0 Å². The van der Waals surface area contributed by atoms with Crippen molar-refractivity contribution in [1.82, 2.24) is 0 Å². The van der Waals surface area contributed by atoms with Crippen molar-refractivity contribution in [2.75, 3.05) is 14.2 Å². The molecule has 0 saturated carbocycles. The number of aliphatic hydroxyl groups excluding tert-OH is 1. The first-order valence-electron chi connectivity index (χ1n) is 4.86. The van der Waals surface area contributed by atoms with Gasteiger partial charge in [-0.2, -0.15) is 0 Å². The highest BCUT2D eigenvalue weighted by Crippen LogP contribution is 2.36. The summed E-state index contributed by atoms with van der Waals surface area (Å²) >= 11 is 3.35. The van der Waals surface area contributed by atoms with Crippen LogP contribution in [0.25, 0.3) is 0 Å². The molecule has 0 aliphatic rings. The smallest absolute Gasteiger partial charge is 0.133 e. The van der Waals surface area contributed by atoms with Crippen molar-refractivity contribution >= 4 is 15.9 Å². The minimum absolute atomic E-state index is 0.375. The maximum atomic E-state index is 9.94. The zero-order valence-electron chi connectivity index (χ0n) is 9.53. The van der Waals surface area contributed by atoms with Gasteiger partial charge in [-0.25, -0.2) is 0 Å². The van der Waals surface area contributed by atoms with Gasteiger partial charge in [-0.3, -0.25) is 0 Å². The fourth-order valence-electron chi connectivity index (χ4n) is 1.40. The molecule has 0 heterocycles. The predicted octanol–water partition coefficient (Wildman–Crippen LogP) is 1.85. The maximum absolute atomic E-state index is 9.94. The predicted molar refractivity (Wildman–Crippen MR) is 65.9 cm³/mol. The molecule has 0 unspecified atom stereocenters. The molecule has 0 aromatic heterocycles. The average Bonchev–Trinajstić information content (AvgIpc) is 2.27. The second-order valence-corrected chi connectivity index (χ2v) is 4.39.